The first kappa shape index (κ1) is 26.6. The zero-order valence-electron chi connectivity index (χ0n) is 22.9. The van der Waals surface area contributed by atoms with Crippen molar-refractivity contribution in [1.82, 2.24) is 30.2 Å². The lowest BCUT2D eigenvalue weighted by Gasteiger charge is -1.99. The third-order valence-corrected chi connectivity index (χ3v) is 5.98. The second-order valence-corrected chi connectivity index (χ2v) is 8.82. The Kier molecular flexibility index (Phi) is 6.83. The number of nitrogens with one attached hydrogen (secondary N) is 1. The number of carbonyl (C=O) groups excluding carboxylic acids is 2. The van der Waals surface area contributed by atoms with E-state index in [4.69, 9.17) is 26.8 Å². The van der Waals surface area contributed by atoms with E-state index in [1.165, 1.54) is 7.11 Å². The van der Waals surface area contributed by atoms with Gasteiger partial charge >= 0.3 is 5.97 Å². The van der Waals surface area contributed by atoms with Gasteiger partial charge in [-0.2, -0.15) is 0 Å². The van der Waals surface area contributed by atoms with Crippen LogP contribution in [0.5, 0.6) is 0 Å². The molecular formula is C26H26N6O8. The predicted octanol–water partition coefficient (Wildman–Crippen LogP) is 4.45. The van der Waals surface area contributed by atoms with Crippen molar-refractivity contribution in [3.63, 3.8) is 0 Å². The number of hydrogen-bond acceptors (Lipinski definition) is 13. The van der Waals surface area contributed by atoms with Crippen molar-refractivity contribution >= 4 is 11.9 Å². The maximum absolute atomic E-state index is 12.9. The van der Waals surface area contributed by atoms with Gasteiger partial charge in [0.05, 0.1) is 13.7 Å². The van der Waals surface area contributed by atoms with Crippen molar-refractivity contribution in [1.29, 1.82) is 0 Å². The van der Waals surface area contributed by atoms with Crippen LogP contribution in [0.15, 0.2) is 22.1 Å². The number of methoxy groups -OCH3 is 1. The fourth-order valence-electron chi connectivity index (χ4n) is 3.95. The van der Waals surface area contributed by atoms with Gasteiger partial charge in [0.15, 0.2) is 34.4 Å². The fraction of sp³-hybridized carbons (Fsp3) is 0.346. The molecule has 1 N–H and O–H groups in total. The van der Waals surface area contributed by atoms with Gasteiger partial charge in [-0.1, -0.05) is 6.92 Å². The number of aromatic nitrogens is 5. The third kappa shape index (κ3) is 4.79. The van der Waals surface area contributed by atoms with E-state index in [2.05, 4.69) is 30.2 Å². The molecule has 5 heterocycles. The van der Waals surface area contributed by atoms with Gasteiger partial charge in [-0.05, 0) is 34.6 Å². The molecule has 1 amide bonds. The quantitative estimate of drug-likeness (QED) is 0.267. The summed E-state index contributed by atoms with van der Waals surface area (Å²) in [5, 5.41) is 2.71. The van der Waals surface area contributed by atoms with Gasteiger partial charge in [-0.15, -0.1) is 0 Å². The van der Waals surface area contributed by atoms with Crippen molar-refractivity contribution in [3.05, 3.63) is 52.0 Å². The van der Waals surface area contributed by atoms with Crippen molar-refractivity contribution in [2.75, 3.05) is 7.11 Å². The second kappa shape index (κ2) is 10.3. The number of esters is 1. The second-order valence-electron chi connectivity index (χ2n) is 8.82. The van der Waals surface area contributed by atoms with E-state index in [1.807, 2.05) is 6.92 Å². The summed E-state index contributed by atoms with van der Waals surface area (Å²) in [5.41, 5.74) is 1.25. The van der Waals surface area contributed by atoms with Crippen molar-refractivity contribution in [2.45, 2.75) is 54.5 Å². The number of amides is 1. The molecule has 0 spiro atoms. The van der Waals surface area contributed by atoms with Gasteiger partial charge in [0.1, 0.15) is 28.8 Å². The Morgan fingerprint density at radius 1 is 0.650 bits per heavy atom. The highest BCUT2D eigenvalue weighted by atomic mass is 16.5. The highest BCUT2D eigenvalue weighted by molar-refractivity contribution is 5.93. The van der Waals surface area contributed by atoms with Gasteiger partial charge in [0.2, 0.25) is 23.6 Å². The summed E-state index contributed by atoms with van der Waals surface area (Å²) in [6.45, 7) is 10.3. The smallest absolute Gasteiger partial charge is 0.360 e. The van der Waals surface area contributed by atoms with Gasteiger partial charge in [0.25, 0.3) is 5.91 Å². The minimum atomic E-state index is -0.626. The largest absolute Gasteiger partial charge is 0.464 e. The zero-order valence-corrected chi connectivity index (χ0v) is 22.9. The van der Waals surface area contributed by atoms with Gasteiger partial charge < -0.3 is 32.1 Å². The number of aryl methyl sites for hydroxylation is 6. The Morgan fingerprint density at radius 2 is 1.12 bits per heavy atom. The van der Waals surface area contributed by atoms with Gasteiger partial charge in [0, 0.05) is 6.42 Å². The zero-order chi connectivity index (χ0) is 28.7. The lowest BCUT2D eigenvalue weighted by atomic mass is 10.3. The Balaban J connectivity index is 1.31. The van der Waals surface area contributed by atoms with Crippen LogP contribution in [0.3, 0.4) is 0 Å². The Labute approximate surface area is 227 Å². The van der Waals surface area contributed by atoms with E-state index in [1.54, 1.807) is 34.6 Å². The van der Waals surface area contributed by atoms with Gasteiger partial charge in [-0.3, -0.25) is 4.79 Å². The molecule has 0 radical (unpaired) electrons. The summed E-state index contributed by atoms with van der Waals surface area (Å²) >= 11 is 0. The summed E-state index contributed by atoms with van der Waals surface area (Å²) < 4.78 is 33.1. The van der Waals surface area contributed by atoms with E-state index in [0.717, 1.165) is 0 Å². The van der Waals surface area contributed by atoms with Crippen LogP contribution < -0.4 is 5.32 Å². The molecule has 5 rings (SSSR count). The van der Waals surface area contributed by atoms with Crippen molar-refractivity contribution in [2.24, 2.45) is 0 Å². The minimum Gasteiger partial charge on any atom is -0.464 e. The lowest BCUT2D eigenvalue weighted by Crippen LogP contribution is -2.24. The normalized spacial score (nSPS) is 11.3. The maximum Gasteiger partial charge on any atom is 0.360 e. The summed E-state index contributed by atoms with van der Waals surface area (Å²) in [4.78, 5) is 46.5. The minimum absolute atomic E-state index is 0.0448. The molecule has 0 aliphatic rings. The summed E-state index contributed by atoms with van der Waals surface area (Å²) in [7, 11) is 1.25. The first-order valence-electron chi connectivity index (χ1n) is 12.3. The van der Waals surface area contributed by atoms with E-state index in [9.17, 15) is 9.59 Å². The summed E-state index contributed by atoms with van der Waals surface area (Å²) in [6, 6.07) is 0. The predicted molar refractivity (Wildman–Crippen MR) is 135 cm³/mol. The average Bonchev–Trinajstić information content (AvgIpc) is 3.73. The summed E-state index contributed by atoms with van der Waals surface area (Å²) in [6.07, 6.45) is 0.634. The number of ether oxygens (including phenoxy) is 1. The van der Waals surface area contributed by atoms with E-state index in [-0.39, 0.29) is 53.0 Å². The van der Waals surface area contributed by atoms with Gasteiger partial charge in [-0.25, -0.2) is 29.7 Å². The lowest BCUT2D eigenvalue weighted by molar-refractivity contribution is 0.0592. The molecule has 14 nitrogen and oxygen atoms in total. The van der Waals surface area contributed by atoms with Crippen LogP contribution in [-0.2, 0) is 17.7 Å². The molecule has 0 unspecified atom stereocenters. The molecule has 0 fully saturated rings. The molecule has 0 aliphatic heterocycles. The van der Waals surface area contributed by atoms with E-state index >= 15 is 0 Å². The Morgan fingerprint density at radius 3 is 1.73 bits per heavy atom. The average molecular weight is 551 g/mol. The van der Waals surface area contributed by atoms with E-state index < -0.39 is 11.9 Å². The molecular weight excluding hydrogens is 524 g/mol. The molecule has 40 heavy (non-hydrogen) atoms. The molecule has 0 aliphatic carbocycles. The number of nitrogens with zero attached hydrogens (tertiary/aromatic N) is 5. The molecule has 0 saturated heterocycles. The molecule has 208 valence electrons. The van der Waals surface area contributed by atoms with Crippen LogP contribution in [0, 0.1) is 34.6 Å². The Hall–Kier alpha value is -5.01. The standard InChI is InChI=1S/C26H26N6O8/c1-8-15-28-18(11(3)36-15)23-31-20(13(5)39-23)25-30-17(10(2)38-25)22(33)27-9-16-29-19(12(4)37-16)24-32-21(14(6)40-24)26(34)35-7/h8-9H2,1-7H3,(H,27,33). The molecule has 5 aromatic rings. The van der Waals surface area contributed by atoms with E-state index in [0.29, 0.717) is 46.7 Å². The first-order chi connectivity index (χ1) is 19.1. The molecule has 14 heteroatoms. The van der Waals surface area contributed by atoms with Crippen LogP contribution in [0.25, 0.3) is 34.8 Å². The maximum atomic E-state index is 12.9. The number of carbonyl (C=O) groups is 2. The first-order valence-corrected chi connectivity index (χ1v) is 12.3. The molecule has 0 aromatic carbocycles. The van der Waals surface area contributed by atoms with Crippen molar-refractivity contribution in [3.8, 4) is 34.8 Å². The fourth-order valence-corrected chi connectivity index (χ4v) is 3.95. The molecule has 0 bridgehead atoms. The van der Waals surface area contributed by atoms with Crippen LogP contribution in [-0.4, -0.2) is 43.9 Å². The van der Waals surface area contributed by atoms with Crippen LogP contribution in [0.4, 0.5) is 0 Å². The highest BCUT2D eigenvalue weighted by Gasteiger charge is 2.26. The SMILES string of the molecule is CCc1nc(-c2nc(-c3nc(C(=O)NCc4nc(-c5nc(C(=O)OC)c(C)o5)c(C)o4)c(C)o3)c(C)o2)c(C)o1. The van der Waals surface area contributed by atoms with Crippen LogP contribution >= 0.6 is 0 Å². The topological polar surface area (TPSA) is 186 Å². The van der Waals surface area contributed by atoms with Crippen LogP contribution in [0.2, 0.25) is 0 Å². The Bertz CT molecular complexity index is 1730. The third-order valence-electron chi connectivity index (χ3n) is 5.98. The number of rotatable bonds is 8. The number of hydrogen-bond donors (Lipinski definition) is 1. The van der Waals surface area contributed by atoms with Crippen molar-refractivity contribution < 1.29 is 36.4 Å². The number of oxazole rings is 5. The molecule has 0 atom stereocenters. The summed E-state index contributed by atoms with van der Waals surface area (Å²) in [5.74, 6) is 2.14. The molecule has 5 aromatic heterocycles. The highest BCUT2D eigenvalue weighted by Crippen LogP contribution is 2.31. The monoisotopic (exact) mass is 550 g/mol. The molecule has 0 saturated carbocycles. The van der Waals surface area contributed by atoms with Crippen LogP contribution in [0.1, 0.15) is 68.5 Å².